The van der Waals surface area contributed by atoms with Crippen molar-refractivity contribution in [3.05, 3.63) is 29.6 Å². The van der Waals surface area contributed by atoms with Crippen LogP contribution in [0.1, 0.15) is 31.0 Å². The number of unbranched alkanes of at least 4 members (excludes halogenated alkanes) is 1. The standard InChI is InChI=1S/C11H18N/c1-4-5-8-12-9-6-7-10(2)11(12)3/h6-7,9H,4-5,8H2,1-3H3/q+1. The summed E-state index contributed by atoms with van der Waals surface area (Å²) >= 11 is 0. The zero-order chi connectivity index (χ0) is 8.97. The van der Waals surface area contributed by atoms with Crippen molar-refractivity contribution < 1.29 is 4.57 Å². The van der Waals surface area contributed by atoms with Crippen molar-refractivity contribution in [2.75, 3.05) is 0 Å². The lowest BCUT2D eigenvalue weighted by Crippen LogP contribution is -2.37. The second kappa shape index (κ2) is 4.24. The molecule has 1 aromatic rings. The molecule has 0 aromatic carbocycles. The van der Waals surface area contributed by atoms with Crippen LogP contribution in [0.25, 0.3) is 0 Å². The normalized spacial score (nSPS) is 10.2. The molecule has 1 aromatic heterocycles. The van der Waals surface area contributed by atoms with Crippen LogP contribution in [0.15, 0.2) is 18.3 Å². The average molecular weight is 164 g/mol. The van der Waals surface area contributed by atoms with E-state index in [2.05, 4.69) is 43.7 Å². The molecule has 0 spiro atoms. The monoisotopic (exact) mass is 164 g/mol. The van der Waals surface area contributed by atoms with E-state index in [1.54, 1.807) is 0 Å². The lowest BCUT2D eigenvalue weighted by molar-refractivity contribution is -0.703. The van der Waals surface area contributed by atoms with Crippen molar-refractivity contribution >= 4 is 0 Å². The molecule has 0 unspecified atom stereocenters. The SMILES string of the molecule is CCCC[n+]1cccc(C)c1C. The van der Waals surface area contributed by atoms with Crippen LogP contribution in [0.5, 0.6) is 0 Å². The molecule has 0 aliphatic rings. The third-order valence-electron chi connectivity index (χ3n) is 2.37. The van der Waals surface area contributed by atoms with Crippen molar-refractivity contribution in [1.82, 2.24) is 0 Å². The molecule has 0 saturated carbocycles. The fraction of sp³-hybridized carbons (Fsp3) is 0.545. The van der Waals surface area contributed by atoms with Gasteiger partial charge < -0.3 is 0 Å². The highest BCUT2D eigenvalue weighted by Crippen LogP contribution is 1.99. The third-order valence-corrected chi connectivity index (χ3v) is 2.37. The van der Waals surface area contributed by atoms with Crippen molar-refractivity contribution in [3.8, 4) is 0 Å². The fourth-order valence-corrected chi connectivity index (χ4v) is 1.32. The molecule has 0 bridgehead atoms. The summed E-state index contributed by atoms with van der Waals surface area (Å²) < 4.78 is 2.33. The van der Waals surface area contributed by atoms with Gasteiger partial charge in [-0.2, -0.15) is 0 Å². The van der Waals surface area contributed by atoms with Gasteiger partial charge in [-0.3, -0.25) is 0 Å². The zero-order valence-corrected chi connectivity index (χ0v) is 8.30. The Labute approximate surface area is 75.1 Å². The molecule has 0 amide bonds. The Balaban J connectivity index is 2.78. The van der Waals surface area contributed by atoms with Crippen LogP contribution in [-0.4, -0.2) is 0 Å². The van der Waals surface area contributed by atoms with E-state index in [0.29, 0.717) is 0 Å². The summed E-state index contributed by atoms with van der Waals surface area (Å²) in [7, 11) is 0. The summed E-state index contributed by atoms with van der Waals surface area (Å²) in [6.07, 6.45) is 4.70. The molecule has 0 saturated heterocycles. The summed E-state index contributed by atoms with van der Waals surface area (Å²) in [4.78, 5) is 0. The van der Waals surface area contributed by atoms with Gasteiger partial charge in [0, 0.05) is 25.0 Å². The van der Waals surface area contributed by atoms with Gasteiger partial charge >= 0.3 is 0 Å². The van der Waals surface area contributed by atoms with Gasteiger partial charge in [0.1, 0.15) is 6.54 Å². The maximum Gasteiger partial charge on any atom is 0.181 e. The van der Waals surface area contributed by atoms with Gasteiger partial charge in [0.15, 0.2) is 11.9 Å². The lowest BCUT2D eigenvalue weighted by atomic mass is 10.2. The zero-order valence-electron chi connectivity index (χ0n) is 8.30. The van der Waals surface area contributed by atoms with E-state index in [0.717, 1.165) is 6.54 Å². The smallest absolute Gasteiger partial charge is 0.181 e. The largest absolute Gasteiger partial charge is 0.202 e. The molecule has 1 nitrogen and oxygen atoms in total. The van der Waals surface area contributed by atoms with E-state index < -0.39 is 0 Å². The number of nitrogens with zero attached hydrogens (tertiary/aromatic N) is 1. The van der Waals surface area contributed by atoms with Crippen LogP contribution in [0.2, 0.25) is 0 Å². The van der Waals surface area contributed by atoms with Crippen LogP contribution < -0.4 is 4.57 Å². The molecule has 0 aliphatic heterocycles. The Morgan fingerprint density at radius 2 is 2.08 bits per heavy atom. The van der Waals surface area contributed by atoms with E-state index in [9.17, 15) is 0 Å². The Morgan fingerprint density at radius 1 is 1.33 bits per heavy atom. The van der Waals surface area contributed by atoms with Gasteiger partial charge in [0.05, 0.1) is 0 Å². The molecule has 1 heterocycles. The Morgan fingerprint density at radius 3 is 2.75 bits per heavy atom. The maximum absolute atomic E-state index is 2.33. The van der Waals surface area contributed by atoms with Crippen molar-refractivity contribution in [2.45, 2.75) is 40.2 Å². The quantitative estimate of drug-likeness (QED) is 0.604. The third kappa shape index (κ3) is 2.07. The molecular weight excluding hydrogens is 146 g/mol. The predicted octanol–water partition coefficient (Wildman–Crippen LogP) is 2.39. The fourth-order valence-electron chi connectivity index (χ4n) is 1.32. The van der Waals surface area contributed by atoms with E-state index in [-0.39, 0.29) is 0 Å². The van der Waals surface area contributed by atoms with Crippen LogP contribution in [0, 0.1) is 13.8 Å². The van der Waals surface area contributed by atoms with Crippen molar-refractivity contribution in [3.63, 3.8) is 0 Å². The first-order valence-corrected chi connectivity index (χ1v) is 4.71. The van der Waals surface area contributed by atoms with Crippen LogP contribution >= 0.6 is 0 Å². The number of aromatic nitrogens is 1. The van der Waals surface area contributed by atoms with Crippen molar-refractivity contribution in [2.24, 2.45) is 0 Å². The van der Waals surface area contributed by atoms with E-state index in [1.807, 2.05) is 0 Å². The Hall–Kier alpha value is -0.850. The minimum atomic E-state index is 1.16. The molecule has 0 radical (unpaired) electrons. The summed E-state index contributed by atoms with van der Waals surface area (Å²) in [6, 6.07) is 4.29. The maximum atomic E-state index is 2.33. The highest BCUT2D eigenvalue weighted by molar-refractivity contribution is 5.10. The van der Waals surface area contributed by atoms with Gasteiger partial charge in [0.2, 0.25) is 0 Å². The lowest BCUT2D eigenvalue weighted by Gasteiger charge is -2.00. The Bertz CT molecular complexity index is 253. The molecule has 0 N–H and O–H groups in total. The number of hydrogen-bond donors (Lipinski definition) is 0. The topological polar surface area (TPSA) is 3.88 Å². The Kier molecular flexibility index (Phi) is 3.27. The van der Waals surface area contributed by atoms with E-state index in [1.165, 1.54) is 24.1 Å². The van der Waals surface area contributed by atoms with Gasteiger partial charge in [-0.05, 0) is 13.0 Å². The molecule has 1 rings (SSSR count). The van der Waals surface area contributed by atoms with Gasteiger partial charge in [-0.1, -0.05) is 13.3 Å². The second-order valence-electron chi connectivity index (χ2n) is 3.32. The highest BCUT2D eigenvalue weighted by atomic mass is 14.9. The minimum Gasteiger partial charge on any atom is -0.202 e. The summed E-state index contributed by atoms with van der Waals surface area (Å²) in [5.74, 6) is 0. The number of rotatable bonds is 3. The second-order valence-corrected chi connectivity index (χ2v) is 3.32. The van der Waals surface area contributed by atoms with Crippen LogP contribution in [-0.2, 0) is 6.54 Å². The first-order chi connectivity index (χ1) is 5.75. The molecule has 1 heteroatoms. The summed E-state index contributed by atoms with van der Waals surface area (Å²) in [6.45, 7) is 7.73. The summed E-state index contributed by atoms with van der Waals surface area (Å²) in [5.41, 5.74) is 2.78. The molecule has 0 fully saturated rings. The molecule has 66 valence electrons. The van der Waals surface area contributed by atoms with Gasteiger partial charge in [-0.15, -0.1) is 0 Å². The first kappa shape index (κ1) is 9.24. The predicted molar refractivity (Wildman–Crippen MR) is 51.0 cm³/mol. The number of pyridine rings is 1. The first-order valence-electron chi connectivity index (χ1n) is 4.71. The van der Waals surface area contributed by atoms with Crippen LogP contribution in [0.3, 0.4) is 0 Å². The van der Waals surface area contributed by atoms with Gasteiger partial charge in [0.25, 0.3) is 0 Å². The van der Waals surface area contributed by atoms with E-state index >= 15 is 0 Å². The average Bonchev–Trinajstić information content (AvgIpc) is 2.08. The molecular formula is C11H18N+. The number of hydrogen-bond acceptors (Lipinski definition) is 0. The van der Waals surface area contributed by atoms with Crippen molar-refractivity contribution in [1.29, 1.82) is 0 Å². The number of aryl methyl sites for hydroxylation is 2. The highest BCUT2D eigenvalue weighted by Gasteiger charge is 2.05. The van der Waals surface area contributed by atoms with Crippen LogP contribution in [0.4, 0.5) is 0 Å². The molecule has 0 aliphatic carbocycles. The van der Waals surface area contributed by atoms with Gasteiger partial charge in [-0.25, -0.2) is 4.57 Å². The minimum absolute atomic E-state index is 1.16. The molecule has 12 heavy (non-hydrogen) atoms. The van der Waals surface area contributed by atoms with E-state index in [4.69, 9.17) is 0 Å². The molecule has 0 atom stereocenters. The summed E-state index contributed by atoms with van der Waals surface area (Å²) in [5, 5.41) is 0.